The van der Waals surface area contributed by atoms with E-state index in [2.05, 4.69) is 27.7 Å². The number of amides is 1. The summed E-state index contributed by atoms with van der Waals surface area (Å²) in [5, 5.41) is 8.48. The van der Waals surface area contributed by atoms with Crippen molar-refractivity contribution in [1.29, 1.82) is 0 Å². The maximum absolute atomic E-state index is 13.0. The average molecular weight is 389 g/mol. The molecule has 29 heavy (non-hydrogen) atoms. The third kappa shape index (κ3) is 3.19. The first-order valence-corrected chi connectivity index (χ1v) is 10.1. The van der Waals surface area contributed by atoms with Crippen molar-refractivity contribution in [3.63, 3.8) is 0 Å². The van der Waals surface area contributed by atoms with Crippen LogP contribution < -0.4 is 15.5 Å². The summed E-state index contributed by atoms with van der Waals surface area (Å²) in [5.74, 6) is 0.319. The molecule has 1 aliphatic carbocycles. The Morgan fingerprint density at radius 1 is 1.03 bits per heavy atom. The summed E-state index contributed by atoms with van der Waals surface area (Å²) in [4.78, 5) is 27.7. The quantitative estimate of drug-likeness (QED) is 0.716. The van der Waals surface area contributed by atoms with Crippen molar-refractivity contribution >= 4 is 33.8 Å². The number of nitrogens with one attached hydrogen (secondary N) is 2. The van der Waals surface area contributed by atoms with Gasteiger partial charge in [-0.2, -0.15) is 0 Å². The molecule has 1 aromatic heterocycles. The number of ketones is 1. The van der Waals surface area contributed by atoms with E-state index in [0.29, 0.717) is 29.7 Å². The maximum atomic E-state index is 13.0. The van der Waals surface area contributed by atoms with Crippen molar-refractivity contribution in [2.75, 3.05) is 36.4 Å². The van der Waals surface area contributed by atoms with E-state index in [1.54, 1.807) is 0 Å². The summed E-state index contributed by atoms with van der Waals surface area (Å²) >= 11 is 0. The van der Waals surface area contributed by atoms with Gasteiger partial charge in [0.1, 0.15) is 12.0 Å². The van der Waals surface area contributed by atoms with Gasteiger partial charge in [0.15, 0.2) is 5.78 Å². The van der Waals surface area contributed by atoms with Crippen LogP contribution in [0.1, 0.15) is 39.3 Å². The number of hydrogen-bond acceptors (Lipinski definition) is 5. The fraction of sp³-hybridized carbons (Fsp3) is 0.304. The smallest absolute Gasteiger partial charge is 0.259 e. The van der Waals surface area contributed by atoms with Crippen LogP contribution in [0.25, 0.3) is 10.8 Å². The van der Waals surface area contributed by atoms with E-state index in [-0.39, 0.29) is 11.7 Å². The molecule has 0 unspecified atom stereocenters. The van der Waals surface area contributed by atoms with E-state index >= 15 is 0 Å². The van der Waals surface area contributed by atoms with Gasteiger partial charge in [0.2, 0.25) is 0 Å². The van der Waals surface area contributed by atoms with E-state index in [9.17, 15) is 9.59 Å². The summed E-state index contributed by atoms with van der Waals surface area (Å²) in [7, 11) is 0. The first-order valence-electron chi connectivity index (χ1n) is 10.1. The van der Waals surface area contributed by atoms with E-state index in [0.717, 1.165) is 49.1 Å². The van der Waals surface area contributed by atoms with Crippen molar-refractivity contribution in [3.05, 3.63) is 59.5 Å². The summed E-state index contributed by atoms with van der Waals surface area (Å²) in [6.45, 7) is 3.84. The standard InChI is InChI=1S/C23H23N3O3/c27-20-6-3-7-21-22(20)17(14-29-21)23(28)25-18-8-9-19(26-12-10-24-11-13-26)16-5-2-1-4-15(16)18/h1-2,4-5,8-9,14,24H,3,6-7,10-13H2,(H,25,28). The number of rotatable bonds is 3. The Bertz CT molecular complexity index is 1100. The molecular formula is C23H23N3O3. The number of carbonyl (C=O) groups is 2. The van der Waals surface area contributed by atoms with Gasteiger partial charge in [0, 0.05) is 61.2 Å². The van der Waals surface area contributed by atoms with E-state index in [1.165, 1.54) is 12.0 Å². The molecule has 6 nitrogen and oxygen atoms in total. The van der Waals surface area contributed by atoms with Crippen LogP contribution in [0.2, 0.25) is 0 Å². The molecule has 3 aromatic rings. The van der Waals surface area contributed by atoms with Crippen LogP contribution >= 0.6 is 0 Å². The Kier molecular flexibility index (Phi) is 4.56. The number of hydrogen-bond donors (Lipinski definition) is 2. The SMILES string of the molecule is O=C(Nc1ccc(N2CCNCC2)c2ccccc12)c1coc2c1C(=O)CCC2. The molecule has 2 aromatic carbocycles. The van der Waals surface area contributed by atoms with Crippen molar-refractivity contribution in [2.45, 2.75) is 19.3 Å². The second kappa shape index (κ2) is 7.37. The number of fused-ring (bicyclic) bond motifs is 2. The third-order valence-electron chi connectivity index (χ3n) is 5.81. The molecule has 2 aliphatic rings. The zero-order valence-corrected chi connectivity index (χ0v) is 16.2. The molecule has 5 rings (SSSR count). The van der Waals surface area contributed by atoms with Gasteiger partial charge in [-0.1, -0.05) is 24.3 Å². The van der Waals surface area contributed by atoms with Crippen LogP contribution in [-0.4, -0.2) is 37.9 Å². The summed E-state index contributed by atoms with van der Waals surface area (Å²) in [5.41, 5.74) is 2.70. The normalized spacial score (nSPS) is 16.7. The molecular weight excluding hydrogens is 366 g/mol. The first kappa shape index (κ1) is 17.9. The fourth-order valence-corrected chi connectivity index (χ4v) is 4.35. The zero-order valence-electron chi connectivity index (χ0n) is 16.2. The lowest BCUT2D eigenvalue weighted by Crippen LogP contribution is -2.43. The maximum Gasteiger partial charge on any atom is 0.259 e. The van der Waals surface area contributed by atoms with Gasteiger partial charge in [-0.05, 0) is 18.6 Å². The lowest BCUT2D eigenvalue weighted by Gasteiger charge is -2.30. The summed E-state index contributed by atoms with van der Waals surface area (Å²) in [6, 6.07) is 12.1. The molecule has 0 spiro atoms. The molecule has 2 heterocycles. The second-order valence-corrected chi connectivity index (χ2v) is 7.59. The Morgan fingerprint density at radius 3 is 2.66 bits per heavy atom. The van der Waals surface area contributed by atoms with Crippen LogP contribution in [0.3, 0.4) is 0 Å². The minimum atomic E-state index is -0.301. The molecule has 0 atom stereocenters. The minimum absolute atomic E-state index is 0.0101. The van der Waals surface area contributed by atoms with Gasteiger partial charge in [-0.15, -0.1) is 0 Å². The molecule has 0 bridgehead atoms. The van der Waals surface area contributed by atoms with Crippen molar-refractivity contribution < 1.29 is 14.0 Å². The Morgan fingerprint density at radius 2 is 1.83 bits per heavy atom. The minimum Gasteiger partial charge on any atom is -0.468 e. The highest BCUT2D eigenvalue weighted by Gasteiger charge is 2.28. The molecule has 1 amide bonds. The first-order chi connectivity index (χ1) is 14.2. The number of aryl methyl sites for hydroxylation is 1. The molecule has 1 fully saturated rings. The fourth-order valence-electron chi connectivity index (χ4n) is 4.35. The number of anilines is 2. The highest BCUT2D eigenvalue weighted by Crippen LogP contribution is 2.33. The van der Waals surface area contributed by atoms with E-state index < -0.39 is 0 Å². The number of Topliss-reactive ketones (excluding diaryl/α,β-unsaturated/α-hetero) is 1. The molecule has 1 saturated heterocycles. The number of piperazine rings is 1. The molecule has 148 valence electrons. The van der Waals surface area contributed by atoms with Crippen molar-refractivity contribution in [1.82, 2.24) is 5.32 Å². The summed E-state index contributed by atoms with van der Waals surface area (Å²) in [6.07, 6.45) is 3.37. The lowest BCUT2D eigenvalue weighted by atomic mass is 9.94. The predicted molar refractivity (Wildman–Crippen MR) is 113 cm³/mol. The Labute approximate surface area is 168 Å². The zero-order chi connectivity index (χ0) is 19.8. The lowest BCUT2D eigenvalue weighted by molar-refractivity contribution is 0.0955. The largest absolute Gasteiger partial charge is 0.468 e. The van der Waals surface area contributed by atoms with Gasteiger partial charge in [0.25, 0.3) is 5.91 Å². The molecule has 0 radical (unpaired) electrons. The number of carbonyl (C=O) groups excluding carboxylic acids is 2. The van der Waals surface area contributed by atoms with Gasteiger partial charge in [-0.3, -0.25) is 9.59 Å². The highest BCUT2D eigenvalue weighted by atomic mass is 16.3. The molecule has 6 heteroatoms. The van der Waals surface area contributed by atoms with Gasteiger partial charge in [-0.25, -0.2) is 0 Å². The second-order valence-electron chi connectivity index (χ2n) is 7.59. The number of nitrogens with zero attached hydrogens (tertiary/aromatic N) is 1. The topological polar surface area (TPSA) is 74.6 Å². The van der Waals surface area contributed by atoms with Gasteiger partial charge < -0.3 is 20.0 Å². The van der Waals surface area contributed by atoms with Gasteiger partial charge >= 0.3 is 0 Å². The van der Waals surface area contributed by atoms with Gasteiger partial charge in [0.05, 0.1) is 11.1 Å². The highest BCUT2D eigenvalue weighted by molar-refractivity contribution is 6.16. The van der Waals surface area contributed by atoms with Crippen LogP contribution in [0, 0.1) is 0 Å². The third-order valence-corrected chi connectivity index (χ3v) is 5.81. The van der Waals surface area contributed by atoms with E-state index in [4.69, 9.17) is 4.42 Å². The van der Waals surface area contributed by atoms with Crippen molar-refractivity contribution in [3.8, 4) is 0 Å². The summed E-state index contributed by atoms with van der Waals surface area (Å²) < 4.78 is 5.51. The molecule has 0 saturated carbocycles. The Balaban J connectivity index is 1.49. The average Bonchev–Trinajstić information content (AvgIpc) is 3.20. The molecule has 1 aliphatic heterocycles. The van der Waals surface area contributed by atoms with Crippen molar-refractivity contribution in [2.24, 2.45) is 0 Å². The Hall–Kier alpha value is -3.12. The van der Waals surface area contributed by atoms with Crippen LogP contribution in [0.15, 0.2) is 47.1 Å². The predicted octanol–water partition coefficient (Wildman–Crippen LogP) is 3.61. The number of furan rings is 1. The molecule has 2 N–H and O–H groups in total. The van der Waals surface area contributed by atoms with Crippen LogP contribution in [0.5, 0.6) is 0 Å². The monoisotopic (exact) mass is 389 g/mol. The van der Waals surface area contributed by atoms with Crippen LogP contribution in [0.4, 0.5) is 11.4 Å². The number of benzene rings is 2. The van der Waals surface area contributed by atoms with E-state index in [1.807, 2.05) is 24.3 Å². The van der Waals surface area contributed by atoms with Crippen LogP contribution in [-0.2, 0) is 6.42 Å².